The molecule has 10 nitrogen and oxygen atoms in total. The van der Waals surface area contributed by atoms with Crippen molar-refractivity contribution in [2.24, 2.45) is 12.8 Å². The highest BCUT2D eigenvalue weighted by atomic mass is 32.1. The van der Waals surface area contributed by atoms with Crippen LogP contribution in [0, 0.1) is 5.41 Å². The Kier molecular flexibility index (Phi) is 6.91. The molecule has 0 aliphatic carbocycles. The molecule has 12 heteroatoms. The molecule has 0 unspecified atom stereocenters. The molecule has 0 atom stereocenters. The minimum Gasteiger partial charge on any atom is -0.364 e. The molecule has 5 aromatic rings. The number of aldehydes is 1. The van der Waals surface area contributed by atoms with Gasteiger partial charge >= 0.3 is 0 Å². The summed E-state index contributed by atoms with van der Waals surface area (Å²) in [7, 11) is 3.69. The first-order valence-electron chi connectivity index (χ1n) is 10.2. The van der Waals surface area contributed by atoms with Crippen molar-refractivity contribution in [3.8, 4) is 0 Å². The molecule has 0 saturated heterocycles. The van der Waals surface area contributed by atoms with E-state index in [9.17, 15) is 9.59 Å². The van der Waals surface area contributed by atoms with Crippen molar-refractivity contribution in [3.05, 3.63) is 62.3 Å². The van der Waals surface area contributed by atoms with E-state index in [2.05, 4.69) is 31.5 Å². The summed E-state index contributed by atoms with van der Waals surface area (Å²) in [5, 5.41) is 21.6. The molecule has 1 aromatic carbocycles. The standard InChI is InChI=1S/C13H11N5O2S2.C9H11N3/c1-18-8(4-19)7(3-14)10-12(18)17-9(22-10)2-6-5-21-13(16-6)11(15)20;1-10-5-7-3-2-4-9-8(7)6-11-12-9/h3-5,14H,2H2,1H3,(H2,15,20);2-4,6,10H,5H2,1H3,(H,11,12). The van der Waals surface area contributed by atoms with Crippen LogP contribution in [0.3, 0.4) is 0 Å². The number of thiazole rings is 2. The van der Waals surface area contributed by atoms with E-state index < -0.39 is 5.91 Å². The first-order valence-corrected chi connectivity index (χ1v) is 11.9. The lowest BCUT2D eigenvalue weighted by molar-refractivity contribution is 0.0999. The predicted molar refractivity (Wildman–Crippen MR) is 134 cm³/mol. The summed E-state index contributed by atoms with van der Waals surface area (Å²) in [5.74, 6) is -0.540. The van der Waals surface area contributed by atoms with Crippen molar-refractivity contribution in [2.45, 2.75) is 13.0 Å². The van der Waals surface area contributed by atoms with E-state index in [0.29, 0.717) is 23.3 Å². The summed E-state index contributed by atoms with van der Waals surface area (Å²) in [4.78, 5) is 30.8. The molecule has 5 N–H and O–H groups in total. The Hall–Kier alpha value is -3.74. The van der Waals surface area contributed by atoms with E-state index >= 15 is 0 Å². The van der Waals surface area contributed by atoms with E-state index in [0.717, 1.165) is 33.7 Å². The minimum atomic E-state index is -0.540. The van der Waals surface area contributed by atoms with Crippen LogP contribution in [0.1, 0.15) is 42.1 Å². The first kappa shape index (κ1) is 23.4. The lowest BCUT2D eigenvalue weighted by Crippen LogP contribution is -2.10. The Morgan fingerprint density at radius 2 is 2.18 bits per heavy atom. The molecule has 0 spiro atoms. The number of carbonyl (C=O) groups excluding carboxylic acids is 2. The number of nitrogens with two attached hydrogens (primary N) is 1. The van der Waals surface area contributed by atoms with Crippen LogP contribution in [0.15, 0.2) is 29.8 Å². The van der Waals surface area contributed by atoms with E-state index in [1.54, 1.807) is 17.0 Å². The van der Waals surface area contributed by atoms with Gasteiger partial charge in [0.15, 0.2) is 16.9 Å². The minimum absolute atomic E-state index is 0.277. The van der Waals surface area contributed by atoms with Crippen molar-refractivity contribution >= 4 is 62.3 Å². The number of aryl methyl sites for hydroxylation is 1. The van der Waals surface area contributed by atoms with E-state index in [4.69, 9.17) is 11.1 Å². The number of H-pyrrole nitrogens is 1. The summed E-state index contributed by atoms with van der Waals surface area (Å²) in [6.45, 7) is 0.886. The Morgan fingerprint density at radius 3 is 2.85 bits per heavy atom. The van der Waals surface area contributed by atoms with Gasteiger partial charge in [0.25, 0.3) is 5.91 Å². The van der Waals surface area contributed by atoms with Gasteiger partial charge in [-0.3, -0.25) is 14.7 Å². The number of hydrogen-bond acceptors (Lipinski definition) is 9. The molecule has 5 rings (SSSR count). The maximum absolute atomic E-state index is 11.1. The average molecular weight is 495 g/mol. The van der Waals surface area contributed by atoms with Gasteiger partial charge in [0.1, 0.15) is 5.01 Å². The Labute approximate surface area is 202 Å². The molecule has 0 aliphatic heterocycles. The molecule has 4 aromatic heterocycles. The number of rotatable bonds is 7. The highest BCUT2D eigenvalue weighted by Crippen LogP contribution is 2.30. The molecule has 0 saturated carbocycles. The van der Waals surface area contributed by atoms with Crippen molar-refractivity contribution in [2.75, 3.05) is 7.05 Å². The van der Waals surface area contributed by atoms with Crippen LogP contribution in [0.2, 0.25) is 0 Å². The third kappa shape index (κ3) is 4.51. The van der Waals surface area contributed by atoms with Crippen molar-refractivity contribution in [1.82, 2.24) is 30.0 Å². The highest BCUT2D eigenvalue weighted by molar-refractivity contribution is 7.19. The second kappa shape index (κ2) is 10.0. The van der Waals surface area contributed by atoms with Crippen LogP contribution in [-0.2, 0) is 20.0 Å². The molecule has 0 bridgehead atoms. The predicted octanol–water partition coefficient (Wildman–Crippen LogP) is 2.87. The number of hydrogen-bond donors (Lipinski definition) is 4. The van der Waals surface area contributed by atoms with Gasteiger partial charge in [0, 0.05) is 42.6 Å². The Bertz CT molecular complexity index is 1490. The summed E-state index contributed by atoms with van der Waals surface area (Å²) < 4.78 is 2.48. The van der Waals surface area contributed by atoms with E-state index in [-0.39, 0.29) is 5.01 Å². The third-order valence-corrected chi connectivity index (χ3v) is 7.13. The summed E-state index contributed by atoms with van der Waals surface area (Å²) in [5.41, 5.74) is 9.99. The Balaban J connectivity index is 0.000000192. The van der Waals surface area contributed by atoms with E-state index in [1.807, 2.05) is 25.4 Å². The quantitative estimate of drug-likeness (QED) is 0.201. The lowest BCUT2D eigenvalue weighted by atomic mass is 10.1. The maximum atomic E-state index is 11.1. The first-order chi connectivity index (χ1) is 16.5. The second-order valence-electron chi connectivity index (χ2n) is 7.34. The van der Waals surface area contributed by atoms with Crippen molar-refractivity contribution in [1.29, 1.82) is 5.41 Å². The number of carbonyl (C=O) groups is 2. The summed E-state index contributed by atoms with van der Waals surface area (Å²) in [6, 6.07) is 6.17. The van der Waals surface area contributed by atoms with Crippen LogP contribution in [-0.4, -0.2) is 50.2 Å². The number of nitrogens with one attached hydrogen (secondary N) is 3. The van der Waals surface area contributed by atoms with Gasteiger partial charge in [-0.25, -0.2) is 9.97 Å². The fraction of sp³-hybridized carbons (Fsp3) is 0.182. The molecule has 0 aliphatic rings. The molecule has 174 valence electrons. The van der Waals surface area contributed by atoms with Crippen molar-refractivity contribution < 1.29 is 9.59 Å². The highest BCUT2D eigenvalue weighted by Gasteiger charge is 2.18. The second-order valence-corrected chi connectivity index (χ2v) is 9.29. The summed E-state index contributed by atoms with van der Waals surface area (Å²) in [6.07, 6.45) is 4.25. The van der Waals surface area contributed by atoms with Gasteiger partial charge in [0.2, 0.25) is 0 Å². The molecule has 0 fully saturated rings. The fourth-order valence-electron chi connectivity index (χ4n) is 3.56. The number of fused-ring (bicyclic) bond motifs is 2. The third-order valence-electron chi connectivity index (χ3n) is 5.15. The molecular weight excluding hydrogens is 472 g/mol. The van der Waals surface area contributed by atoms with Crippen LogP contribution in [0.4, 0.5) is 0 Å². The zero-order valence-corrected chi connectivity index (χ0v) is 20.1. The maximum Gasteiger partial charge on any atom is 0.277 e. The summed E-state index contributed by atoms with van der Waals surface area (Å²) >= 11 is 2.62. The van der Waals surface area contributed by atoms with Crippen LogP contribution in [0.25, 0.3) is 21.3 Å². The molecule has 0 radical (unpaired) electrons. The van der Waals surface area contributed by atoms with Crippen molar-refractivity contribution in [3.63, 3.8) is 0 Å². The van der Waals surface area contributed by atoms with E-state index in [1.165, 1.54) is 39.8 Å². The Morgan fingerprint density at radius 1 is 1.35 bits per heavy atom. The smallest absolute Gasteiger partial charge is 0.277 e. The number of nitrogens with zero attached hydrogens (tertiary/aromatic N) is 4. The van der Waals surface area contributed by atoms with Gasteiger partial charge in [-0.15, -0.1) is 22.7 Å². The monoisotopic (exact) mass is 494 g/mol. The number of aromatic amines is 1. The SMILES string of the molecule is CNCc1cccc2[nH]ncc12.Cn1c(C=O)c(C=N)c2sc(Cc3csc(C(N)=O)n3)nc21. The number of benzene rings is 1. The number of amides is 1. The molecule has 1 amide bonds. The van der Waals surface area contributed by atoms with Gasteiger partial charge in [-0.05, 0) is 18.7 Å². The van der Waals surface area contributed by atoms with Gasteiger partial charge < -0.3 is 21.0 Å². The molecular formula is C22H22N8O2S2. The van der Waals surface area contributed by atoms with Crippen LogP contribution >= 0.6 is 22.7 Å². The normalized spacial score (nSPS) is 10.9. The zero-order valence-electron chi connectivity index (χ0n) is 18.5. The molecule has 34 heavy (non-hydrogen) atoms. The topological polar surface area (TPSA) is 155 Å². The average Bonchev–Trinajstić information content (AvgIpc) is 3.60. The number of aromatic nitrogens is 5. The zero-order chi connectivity index (χ0) is 24.2. The number of primary amides is 1. The largest absolute Gasteiger partial charge is 0.364 e. The fourth-order valence-corrected chi connectivity index (χ4v) is 5.36. The van der Waals surface area contributed by atoms with Gasteiger partial charge in [0.05, 0.1) is 27.8 Å². The van der Waals surface area contributed by atoms with Gasteiger partial charge in [-0.2, -0.15) is 5.10 Å². The lowest BCUT2D eigenvalue weighted by Gasteiger charge is -1.99. The van der Waals surface area contributed by atoms with Gasteiger partial charge in [-0.1, -0.05) is 12.1 Å². The van der Waals surface area contributed by atoms with Crippen LogP contribution in [0.5, 0.6) is 0 Å². The van der Waals surface area contributed by atoms with Crippen LogP contribution < -0.4 is 11.1 Å². The molecule has 4 heterocycles.